The van der Waals surface area contributed by atoms with E-state index in [0.29, 0.717) is 17.6 Å². The van der Waals surface area contributed by atoms with Crippen LogP contribution in [0.1, 0.15) is 23.2 Å². The molecule has 0 spiro atoms. The monoisotopic (exact) mass is 271 g/mol. The van der Waals surface area contributed by atoms with Crippen molar-refractivity contribution in [2.24, 2.45) is 5.73 Å². The first-order valence-electron chi connectivity index (χ1n) is 5.74. The lowest BCUT2D eigenvalue weighted by Crippen LogP contribution is -2.41. The van der Waals surface area contributed by atoms with E-state index in [-0.39, 0.29) is 12.4 Å². The van der Waals surface area contributed by atoms with Gasteiger partial charge in [0.1, 0.15) is 0 Å². The zero-order valence-corrected chi connectivity index (χ0v) is 11.1. The van der Waals surface area contributed by atoms with E-state index < -0.39 is 5.91 Å². The number of hydrogen-bond acceptors (Lipinski definition) is 5. The Morgan fingerprint density at radius 2 is 1.94 bits per heavy atom. The molecule has 100 valence electrons. The number of hydrogen-bond donors (Lipinski definition) is 2. The van der Waals surface area contributed by atoms with Crippen LogP contribution in [-0.4, -0.2) is 42.1 Å². The normalized spacial score (nSPS) is 16.2. The van der Waals surface area contributed by atoms with Gasteiger partial charge in [-0.25, -0.2) is 9.97 Å². The maximum absolute atomic E-state index is 10.9. The topological polar surface area (TPSA) is 84.1 Å². The summed E-state index contributed by atoms with van der Waals surface area (Å²) in [6.07, 6.45) is 5.12. The van der Waals surface area contributed by atoms with Crippen molar-refractivity contribution >= 4 is 24.3 Å². The van der Waals surface area contributed by atoms with Gasteiger partial charge in [-0.1, -0.05) is 0 Å². The van der Waals surface area contributed by atoms with Crippen molar-refractivity contribution in [2.45, 2.75) is 18.9 Å². The van der Waals surface area contributed by atoms with Crippen molar-refractivity contribution in [1.29, 1.82) is 0 Å². The lowest BCUT2D eigenvalue weighted by Gasteiger charge is -2.31. The molecule has 1 amide bonds. The highest BCUT2D eigenvalue weighted by atomic mass is 35.5. The number of carbonyl (C=O) groups is 1. The van der Waals surface area contributed by atoms with Crippen LogP contribution in [0.5, 0.6) is 0 Å². The van der Waals surface area contributed by atoms with Crippen molar-refractivity contribution in [3.63, 3.8) is 0 Å². The average Bonchev–Trinajstić information content (AvgIpc) is 2.39. The van der Waals surface area contributed by atoms with Crippen LogP contribution in [-0.2, 0) is 0 Å². The predicted molar refractivity (Wildman–Crippen MR) is 72.1 cm³/mol. The van der Waals surface area contributed by atoms with Gasteiger partial charge in [0.2, 0.25) is 5.95 Å². The van der Waals surface area contributed by atoms with Crippen molar-refractivity contribution in [2.75, 3.05) is 25.0 Å². The van der Waals surface area contributed by atoms with E-state index in [1.807, 2.05) is 7.05 Å². The maximum Gasteiger partial charge on any atom is 0.251 e. The number of nitrogens with two attached hydrogens (primary N) is 1. The Balaban J connectivity index is 0.00000162. The van der Waals surface area contributed by atoms with E-state index in [2.05, 4.69) is 20.2 Å². The fraction of sp³-hybridized carbons (Fsp3) is 0.545. The van der Waals surface area contributed by atoms with Gasteiger partial charge >= 0.3 is 0 Å². The second-order valence-electron chi connectivity index (χ2n) is 4.19. The summed E-state index contributed by atoms with van der Waals surface area (Å²) >= 11 is 0. The van der Waals surface area contributed by atoms with Gasteiger partial charge in [-0.3, -0.25) is 4.79 Å². The molecule has 0 aromatic carbocycles. The third kappa shape index (κ3) is 3.30. The summed E-state index contributed by atoms with van der Waals surface area (Å²) in [6.45, 7) is 1.86. The van der Waals surface area contributed by atoms with Gasteiger partial charge in [-0.15, -0.1) is 12.4 Å². The number of nitrogens with zero attached hydrogens (tertiary/aromatic N) is 3. The van der Waals surface area contributed by atoms with Crippen LogP contribution in [0.3, 0.4) is 0 Å². The molecular weight excluding hydrogens is 254 g/mol. The van der Waals surface area contributed by atoms with Crippen LogP contribution in [0.15, 0.2) is 12.4 Å². The second-order valence-corrected chi connectivity index (χ2v) is 4.19. The molecule has 1 aromatic rings. The van der Waals surface area contributed by atoms with Gasteiger partial charge < -0.3 is 16.0 Å². The molecule has 18 heavy (non-hydrogen) atoms. The van der Waals surface area contributed by atoms with Gasteiger partial charge in [0.25, 0.3) is 5.91 Å². The van der Waals surface area contributed by atoms with Gasteiger partial charge in [-0.05, 0) is 19.9 Å². The molecule has 1 saturated heterocycles. The van der Waals surface area contributed by atoms with Gasteiger partial charge in [0.15, 0.2) is 0 Å². The molecule has 1 fully saturated rings. The number of halogens is 1. The van der Waals surface area contributed by atoms with E-state index in [0.717, 1.165) is 25.9 Å². The number of aromatic nitrogens is 2. The van der Waals surface area contributed by atoms with Gasteiger partial charge in [0, 0.05) is 31.5 Å². The molecule has 0 saturated carbocycles. The highest BCUT2D eigenvalue weighted by Crippen LogP contribution is 2.15. The van der Waals surface area contributed by atoms with Crippen molar-refractivity contribution < 1.29 is 4.79 Å². The number of amides is 1. The second kappa shape index (κ2) is 6.51. The van der Waals surface area contributed by atoms with Crippen LogP contribution in [0.2, 0.25) is 0 Å². The molecule has 6 nitrogen and oxygen atoms in total. The molecule has 0 aliphatic carbocycles. The molecule has 1 aliphatic rings. The Labute approximate surface area is 112 Å². The molecule has 0 atom stereocenters. The number of piperidine rings is 1. The van der Waals surface area contributed by atoms with Crippen molar-refractivity contribution in [1.82, 2.24) is 15.3 Å². The third-order valence-electron chi connectivity index (χ3n) is 3.11. The molecule has 0 radical (unpaired) electrons. The van der Waals surface area contributed by atoms with Gasteiger partial charge in [0.05, 0.1) is 5.56 Å². The molecule has 2 rings (SSSR count). The number of nitrogens with one attached hydrogen (secondary N) is 1. The number of primary amides is 1. The van der Waals surface area contributed by atoms with Crippen LogP contribution < -0.4 is 16.0 Å². The summed E-state index contributed by atoms with van der Waals surface area (Å²) in [4.78, 5) is 21.4. The number of anilines is 1. The maximum atomic E-state index is 10.9. The minimum Gasteiger partial charge on any atom is -0.366 e. The fourth-order valence-corrected chi connectivity index (χ4v) is 1.98. The Hall–Kier alpha value is -1.40. The van der Waals surface area contributed by atoms with Crippen LogP contribution in [0.4, 0.5) is 5.95 Å². The smallest absolute Gasteiger partial charge is 0.251 e. The first-order chi connectivity index (χ1) is 8.20. The quantitative estimate of drug-likeness (QED) is 0.820. The molecular formula is C11H18ClN5O. The zero-order chi connectivity index (χ0) is 12.3. The molecule has 2 heterocycles. The molecule has 7 heteroatoms. The lowest BCUT2D eigenvalue weighted by molar-refractivity contribution is 0.0999. The SMILES string of the molecule is CNC1CCN(c2ncc(C(N)=O)cn2)CC1.Cl. The van der Waals surface area contributed by atoms with E-state index in [4.69, 9.17) is 5.73 Å². The van der Waals surface area contributed by atoms with Gasteiger partial charge in [-0.2, -0.15) is 0 Å². The Morgan fingerprint density at radius 1 is 1.39 bits per heavy atom. The summed E-state index contributed by atoms with van der Waals surface area (Å²) in [5, 5.41) is 3.27. The molecule has 1 aromatic heterocycles. The Morgan fingerprint density at radius 3 is 2.39 bits per heavy atom. The molecule has 3 N–H and O–H groups in total. The van der Waals surface area contributed by atoms with Crippen LogP contribution >= 0.6 is 12.4 Å². The Bertz CT molecular complexity index is 389. The highest BCUT2D eigenvalue weighted by Gasteiger charge is 2.19. The summed E-state index contributed by atoms with van der Waals surface area (Å²) < 4.78 is 0. The predicted octanol–water partition coefficient (Wildman–Crippen LogP) is 0.185. The summed E-state index contributed by atoms with van der Waals surface area (Å²) in [5.41, 5.74) is 5.48. The third-order valence-corrected chi connectivity index (χ3v) is 3.11. The average molecular weight is 272 g/mol. The highest BCUT2D eigenvalue weighted by molar-refractivity contribution is 5.92. The minimum atomic E-state index is -0.495. The molecule has 1 aliphatic heterocycles. The first kappa shape index (κ1) is 14.7. The standard InChI is InChI=1S/C11H17N5O.ClH/c1-13-9-2-4-16(5-3-9)11-14-6-8(7-15-11)10(12)17;/h6-7,9,13H,2-5H2,1H3,(H2,12,17);1H. The van der Waals surface area contributed by atoms with E-state index in [1.54, 1.807) is 0 Å². The van der Waals surface area contributed by atoms with Crippen LogP contribution in [0.25, 0.3) is 0 Å². The molecule has 0 unspecified atom stereocenters. The zero-order valence-electron chi connectivity index (χ0n) is 10.3. The Kier molecular flexibility index (Phi) is 5.30. The summed E-state index contributed by atoms with van der Waals surface area (Å²) in [7, 11) is 1.98. The fourth-order valence-electron chi connectivity index (χ4n) is 1.98. The van der Waals surface area contributed by atoms with Crippen molar-refractivity contribution in [3.8, 4) is 0 Å². The van der Waals surface area contributed by atoms with Crippen LogP contribution in [0, 0.1) is 0 Å². The molecule has 0 bridgehead atoms. The van der Waals surface area contributed by atoms with E-state index in [1.165, 1.54) is 12.4 Å². The lowest BCUT2D eigenvalue weighted by atomic mass is 10.1. The number of carbonyl (C=O) groups excluding carboxylic acids is 1. The van der Waals surface area contributed by atoms with E-state index >= 15 is 0 Å². The van der Waals surface area contributed by atoms with E-state index in [9.17, 15) is 4.79 Å². The first-order valence-corrected chi connectivity index (χ1v) is 5.74. The minimum absolute atomic E-state index is 0. The largest absolute Gasteiger partial charge is 0.366 e. The summed E-state index contributed by atoms with van der Waals surface area (Å²) in [5.74, 6) is 0.176. The van der Waals surface area contributed by atoms with Crippen molar-refractivity contribution in [3.05, 3.63) is 18.0 Å². The summed E-state index contributed by atoms with van der Waals surface area (Å²) in [6, 6.07) is 0.580. The number of rotatable bonds is 3.